The van der Waals surface area contributed by atoms with Crippen LogP contribution in [0.3, 0.4) is 0 Å². The number of amides is 1. The summed E-state index contributed by atoms with van der Waals surface area (Å²) in [6, 6.07) is 4.37. The molecule has 1 atom stereocenters. The molecule has 2 N–H and O–H groups in total. The van der Waals surface area contributed by atoms with E-state index in [1.807, 2.05) is 6.92 Å². The Balaban J connectivity index is 2.67. The van der Waals surface area contributed by atoms with Crippen LogP contribution >= 0.6 is 0 Å². The van der Waals surface area contributed by atoms with E-state index in [4.69, 9.17) is 5.11 Å². The van der Waals surface area contributed by atoms with Gasteiger partial charge in [-0.25, -0.2) is 9.78 Å². The van der Waals surface area contributed by atoms with Crippen LogP contribution in [-0.2, 0) is 0 Å². The lowest BCUT2D eigenvalue weighted by atomic mass is 9.98. The molecule has 0 saturated heterocycles. The standard InChI is InChI=1S/C13H18N2O3/c1-8(2)9(3)7-14-12(16)10-5-4-6-11(15-10)13(17)18/h4-6,8-9H,7H2,1-3H3,(H,14,16)(H,17,18). The van der Waals surface area contributed by atoms with Gasteiger partial charge in [-0.15, -0.1) is 0 Å². The van der Waals surface area contributed by atoms with Crippen LogP contribution in [0.5, 0.6) is 0 Å². The SMILES string of the molecule is CC(C)C(C)CNC(=O)c1cccc(C(=O)O)n1. The van der Waals surface area contributed by atoms with Gasteiger partial charge in [0.25, 0.3) is 5.91 Å². The molecule has 1 aromatic heterocycles. The minimum atomic E-state index is -1.14. The molecule has 1 unspecified atom stereocenters. The molecule has 0 aromatic carbocycles. The third-order valence-electron chi connectivity index (χ3n) is 2.92. The average Bonchev–Trinajstić information content (AvgIpc) is 2.35. The molecule has 1 heterocycles. The van der Waals surface area contributed by atoms with Crippen LogP contribution in [-0.4, -0.2) is 28.5 Å². The summed E-state index contributed by atoms with van der Waals surface area (Å²) in [7, 11) is 0. The fraction of sp³-hybridized carbons (Fsp3) is 0.462. The molecule has 5 nitrogen and oxygen atoms in total. The van der Waals surface area contributed by atoms with Crippen LogP contribution in [0.4, 0.5) is 0 Å². The second kappa shape index (κ2) is 6.14. The second-order valence-electron chi connectivity index (χ2n) is 4.64. The summed E-state index contributed by atoms with van der Waals surface area (Å²) in [4.78, 5) is 26.3. The normalized spacial score (nSPS) is 12.2. The van der Waals surface area contributed by atoms with Crippen LogP contribution in [0.2, 0.25) is 0 Å². The van der Waals surface area contributed by atoms with E-state index >= 15 is 0 Å². The highest BCUT2D eigenvalue weighted by atomic mass is 16.4. The Hall–Kier alpha value is -1.91. The summed E-state index contributed by atoms with van der Waals surface area (Å²) in [5.41, 5.74) is 0.00501. The van der Waals surface area contributed by atoms with Crippen LogP contribution in [0.25, 0.3) is 0 Å². The summed E-state index contributed by atoms with van der Waals surface area (Å²) < 4.78 is 0. The van der Waals surface area contributed by atoms with Gasteiger partial charge in [-0.05, 0) is 24.0 Å². The topological polar surface area (TPSA) is 79.3 Å². The molecule has 0 radical (unpaired) electrons. The van der Waals surface area contributed by atoms with Gasteiger partial charge in [0.15, 0.2) is 0 Å². The first-order valence-corrected chi connectivity index (χ1v) is 5.90. The van der Waals surface area contributed by atoms with Crippen molar-refractivity contribution in [3.05, 3.63) is 29.6 Å². The molecule has 1 rings (SSSR count). The van der Waals surface area contributed by atoms with Gasteiger partial charge in [0.1, 0.15) is 11.4 Å². The number of aromatic carboxylic acids is 1. The van der Waals surface area contributed by atoms with Crippen molar-refractivity contribution in [2.24, 2.45) is 11.8 Å². The zero-order valence-corrected chi connectivity index (χ0v) is 10.8. The number of nitrogens with one attached hydrogen (secondary N) is 1. The maximum absolute atomic E-state index is 11.8. The maximum atomic E-state index is 11.8. The minimum Gasteiger partial charge on any atom is -0.477 e. The molecule has 98 valence electrons. The van der Waals surface area contributed by atoms with Crippen molar-refractivity contribution in [3.8, 4) is 0 Å². The van der Waals surface area contributed by atoms with Crippen molar-refractivity contribution in [2.75, 3.05) is 6.54 Å². The highest BCUT2D eigenvalue weighted by molar-refractivity contribution is 5.94. The molecule has 0 aliphatic heterocycles. The van der Waals surface area contributed by atoms with Gasteiger partial charge in [-0.3, -0.25) is 4.79 Å². The molecule has 0 bridgehead atoms. The molecule has 1 amide bonds. The van der Waals surface area contributed by atoms with Crippen molar-refractivity contribution >= 4 is 11.9 Å². The van der Waals surface area contributed by atoms with Crippen LogP contribution in [0.15, 0.2) is 18.2 Å². The second-order valence-corrected chi connectivity index (χ2v) is 4.64. The predicted octanol–water partition coefficient (Wildman–Crippen LogP) is 1.80. The maximum Gasteiger partial charge on any atom is 0.354 e. The van der Waals surface area contributed by atoms with Gasteiger partial charge in [0.2, 0.25) is 0 Å². The Labute approximate surface area is 106 Å². The van der Waals surface area contributed by atoms with Gasteiger partial charge in [-0.1, -0.05) is 26.8 Å². The number of rotatable bonds is 5. The molecule has 0 spiro atoms. The van der Waals surface area contributed by atoms with Gasteiger partial charge in [0, 0.05) is 6.54 Å². The number of carboxylic acids is 1. The first kappa shape index (κ1) is 14.2. The zero-order chi connectivity index (χ0) is 13.7. The summed E-state index contributed by atoms with van der Waals surface area (Å²) in [6.07, 6.45) is 0. The third-order valence-corrected chi connectivity index (χ3v) is 2.92. The Kier molecular flexibility index (Phi) is 4.83. The van der Waals surface area contributed by atoms with E-state index < -0.39 is 5.97 Å². The molecule has 1 aromatic rings. The van der Waals surface area contributed by atoms with Crippen LogP contribution in [0.1, 0.15) is 41.7 Å². The van der Waals surface area contributed by atoms with E-state index in [-0.39, 0.29) is 17.3 Å². The predicted molar refractivity (Wildman–Crippen MR) is 67.5 cm³/mol. The summed E-state index contributed by atoms with van der Waals surface area (Å²) in [5, 5.41) is 11.5. The smallest absolute Gasteiger partial charge is 0.354 e. The van der Waals surface area contributed by atoms with Crippen LogP contribution in [0, 0.1) is 11.8 Å². The number of hydrogen-bond acceptors (Lipinski definition) is 3. The van der Waals surface area contributed by atoms with Gasteiger partial charge < -0.3 is 10.4 Å². The lowest BCUT2D eigenvalue weighted by Crippen LogP contribution is -2.31. The zero-order valence-electron chi connectivity index (χ0n) is 10.8. The number of carbonyl (C=O) groups excluding carboxylic acids is 1. The monoisotopic (exact) mass is 250 g/mol. The molecule has 0 fully saturated rings. The number of carboxylic acid groups (broad SMARTS) is 1. The van der Waals surface area contributed by atoms with E-state index in [0.717, 1.165) is 0 Å². The summed E-state index contributed by atoms with van der Waals surface area (Å²) in [5.74, 6) is -0.647. The largest absolute Gasteiger partial charge is 0.477 e. The summed E-state index contributed by atoms with van der Waals surface area (Å²) in [6.45, 7) is 6.77. The van der Waals surface area contributed by atoms with Crippen molar-refractivity contribution in [3.63, 3.8) is 0 Å². The van der Waals surface area contributed by atoms with E-state index in [1.54, 1.807) is 0 Å². The Bertz CT molecular complexity index is 444. The Morgan fingerprint density at radius 2 is 1.89 bits per heavy atom. The molecule has 18 heavy (non-hydrogen) atoms. The average molecular weight is 250 g/mol. The van der Waals surface area contributed by atoms with E-state index in [1.165, 1.54) is 18.2 Å². The first-order chi connectivity index (χ1) is 8.41. The van der Waals surface area contributed by atoms with E-state index in [9.17, 15) is 9.59 Å². The number of pyridine rings is 1. The molecule has 0 saturated carbocycles. The third kappa shape index (κ3) is 3.84. The number of hydrogen-bond donors (Lipinski definition) is 2. The minimum absolute atomic E-state index is 0.125. The Morgan fingerprint density at radius 1 is 1.28 bits per heavy atom. The van der Waals surface area contributed by atoms with Crippen molar-refractivity contribution in [1.82, 2.24) is 10.3 Å². The van der Waals surface area contributed by atoms with Gasteiger partial charge in [-0.2, -0.15) is 0 Å². The summed E-state index contributed by atoms with van der Waals surface area (Å²) >= 11 is 0. The van der Waals surface area contributed by atoms with E-state index in [0.29, 0.717) is 18.4 Å². The fourth-order valence-electron chi connectivity index (χ4n) is 1.26. The van der Waals surface area contributed by atoms with Crippen LogP contribution < -0.4 is 5.32 Å². The molecule has 0 aliphatic carbocycles. The quantitative estimate of drug-likeness (QED) is 0.835. The van der Waals surface area contributed by atoms with Gasteiger partial charge >= 0.3 is 5.97 Å². The number of nitrogens with zero attached hydrogens (tertiary/aromatic N) is 1. The van der Waals surface area contributed by atoms with Crippen molar-refractivity contribution < 1.29 is 14.7 Å². The molecule has 5 heteroatoms. The van der Waals surface area contributed by atoms with Crippen molar-refractivity contribution in [2.45, 2.75) is 20.8 Å². The fourth-order valence-corrected chi connectivity index (χ4v) is 1.26. The molecular weight excluding hydrogens is 232 g/mol. The van der Waals surface area contributed by atoms with Crippen molar-refractivity contribution in [1.29, 1.82) is 0 Å². The lowest BCUT2D eigenvalue weighted by molar-refractivity contribution is 0.0690. The number of aromatic nitrogens is 1. The van der Waals surface area contributed by atoms with E-state index in [2.05, 4.69) is 24.1 Å². The highest BCUT2D eigenvalue weighted by Gasteiger charge is 2.13. The highest BCUT2D eigenvalue weighted by Crippen LogP contribution is 2.08. The number of carbonyl (C=O) groups is 2. The van der Waals surface area contributed by atoms with Gasteiger partial charge in [0.05, 0.1) is 0 Å². The molecular formula is C13H18N2O3. The lowest BCUT2D eigenvalue weighted by Gasteiger charge is -2.15. The molecule has 0 aliphatic rings. The Morgan fingerprint density at radius 3 is 2.44 bits per heavy atom. The first-order valence-electron chi connectivity index (χ1n) is 5.90.